The van der Waals surface area contributed by atoms with Crippen LogP contribution in [0, 0.1) is 0 Å². The molecule has 0 saturated heterocycles. The monoisotopic (exact) mass is 418 g/mol. The van der Waals surface area contributed by atoms with Gasteiger partial charge in [0.25, 0.3) is 11.8 Å². The van der Waals surface area contributed by atoms with Crippen molar-refractivity contribution >= 4 is 17.5 Å². The van der Waals surface area contributed by atoms with Crippen molar-refractivity contribution in [1.82, 2.24) is 5.32 Å². The number of carbonyl (C=O) groups is 2. The molecule has 0 aromatic heterocycles. The molecule has 3 aromatic rings. The van der Waals surface area contributed by atoms with Gasteiger partial charge < -0.3 is 20.1 Å². The second kappa shape index (κ2) is 11.5. The minimum absolute atomic E-state index is 0.249. The molecule has 2 amide bonds. The van der Waals surface area contributed by atoms with Crippen molar-refractivity contribution in [3.8, 4) is 5.75 Å². The number of benzene rings is 3. The van der Waals surface area contributed by atoms with Crippen LogP contribution >= 0.6 is 0 Å². The van der Waals surface area contributed by atoms with E-state index in [4.69, 9.17) is 9.47 Å². The first-order valence-corrected chi connectivity index (χ1v) is 10.1. The standard InChI is InChI=1S/C25H26N2O4/c1-30-17-9-16-26-24(28)20-12-5-7-14-22(20)27-25(29)21-13-6-8-15-23(21)31-18-19-10-3-2-4-11-19/h2-8,10-15H,9,16-18H2,1H3,(H,26,28)(H,27,29). The number of carbonyl (C=O) groups excluding carboxylic acids is 2. The third kappa shape index (κ3) is 6.42. The topological polar surface area (TPSA) is 76.7 Å². The minimum atomic E-state index is -0.344. The van der Waals surface area contributed by atoms with Gasteiger partial charge in [-0.15, -0.1) is 0 Å². The smallest absolute Gasteiger partial charge is 0.259 e. The van der Waals surface area contributed by atoms with Crippen LogP contribution in [0.25, 0.3) is 0 Å². The molecule has 0 radical (unpaired) electrons. The zero-order valence-electron chi connectivity index (χ0n) is 17.5. The molecule has 0 atom stereocenters. The molecule has 0 spiro atoms. The molecule has 3 aromatic carbocycles. The van der Waals surface area contributed by atoms with Crippen LogP contribution in [0.5, 0.6) is 5.75 Å². The van der Waals surface area contributed by atoms with E-state index < -0.39 is 0 Å². The van der Waals surface area contributed by atoms with Gasteiger partial charge in [-0.3, -0.25) is 9.59 Å². The molecule has 0 aliphatic rings. The van der Waals surface area contributed by atoms with Crippen molar-refractivity contribution in [2.24, 2.45) is 0 Å². The van der Waals surface area contributed by atoms with Gasteiger partial charge in [0.2, 0.25) is 0 Å². The van der Waals surface area contributed by atoms with Crippen molar-refractivity contribution in [2.75, 3.05) is 25.6 Å². The summed E-state index contributed by atoms with van der Waals surface area (Å²) in [6.07, 6.45) is 0.711. The summed E-state index contributed by atoms with van der Waals surface area (Å²) < 4.78 is 10.9. The highest BCUT2D eigenvalue weighted by Gasteiger charge is 2.16. The first-order chi connectivity index (χ1) is 15.2. The maximum Gasteiger partial charge on any atom is 0.259 e. The summed E-state index contributed by atoms with van der Waals surface area (Å²) in [5.74, 6) is -0.116. The summed E-state index contributed by atoms with van der Waals surface area (Å²) >= 11 is 0. The van der Waals surface area contributed by atoms with Crippen LogP contribution in [-0.2, 0) is 11.3 Å². The summed E-state index contributed by atoms with van der Waals surface area (Å²) in [4.78, 5) is 25.5. The van der Waals surface area contributed by atoms with Gasteiger partial charge in [-0.05, 0) is 36.2 Å². The van der Waals surface area contributed by atoms with E-state index in [1.54, 1.807) is 49.6 Å². The molecule has 160 valence electrons. The zero-order chi connectivity index (χ0) is 21.9. The van der Waals surface area contributed by atoms with Crippen molar-refractivity contribution in [2.45, 2.75) is 13.0 Å². The van der Waals surface area contributed by atoms with E-state index in [-0.39, 0.29) is 11.8 Å². The van der Waals surface area contributed by atoms with Gasteiger partial charge >= 0.3 is 0 Å². The quantitative estimate of drug-likeness (QED) is 0.482. The molecule has 0 unspecified atom stereocenters. The summed E-state index contributed by atoms with van der Waals surface area (Å²) in [7, 11) is 1.62. The number of amides is 2. The van der Waals surface area contributed by atoms with Crippen molar-refractivity contribution in [1.29, 1.82) is 0 Å². The Balaban J connectivity index is 1.70. The maximum absolute atomic E-state index is 13.0. The van der Waals surface area contributed by atoms with Gasteiger partial charge in [0.15, 0.2) is 0 Å². The number of ether oxygens (including phenoxy) is 2. The number of rotatable bonds is 10. The van der Waals surface area contributed by atoms with E-state index in [1.807, 2.05) is 36.4 Å². The molecule has 0 aliphatic carbocycles. The molecule has 0 bridgehead atoms. The lowest BCUT2D eigenvalue weighted by molar-refractivity contribution is 0.0949. The van der Waals surface area contributed by atoms with E-state index >= 15 is 0 Å². The summed E-state index contributed by atoms with van der Waals surface area (Å²) in [5, 5.41) is 5.69. The average molecular weight is 418 g/mol. The van der Waals surface area contributed by atoms with E-state index in [0.29, 0.717) is 48.7 Å². The molecule has 31 heavy (non-hydrogen) atoms. The molecule has 6 nitrogen and oxygen atoms in total. The lowest BCUT2D eigenvalue weighted by atomic mass is 10.1. The Hall–Kier alpha value is -3.64. The van der Waals surface area contributed by atoms with Gasteiger partial charge in [0.05, 0.1) is 16.8 Å². The normalized spacial score (nSPS) is 10.4. The molecule has 0 saturated carbocycles. The Morgan fingerprint density at radius 2 is 1.48 bits per heavy atom. The third-order valence-corrected chi connectivity index (χ3v) is 4.60. The Morgan fingerprint density at radius 3 is 2.26 bits per heavy atom. The number of para-hydroxylation sites is 2. The molecular formula is C25H26N2O4. The number of hydrogen-bond donors (Lipinski definition) is 2. The molecule has 0 fully saturated rings. The van der Waals surface area contributed by atoms with E-state index in [0.717, 1.165) is 5.56 Å². The fourth-order valence-corrected chi connectivity index (χ4v) is 3.01. The van der Waals surface area contributed by atoms with Crippen LogP contribution in [0.4, 0.5) is 5.69 Å². The Labute approximate surface area is 182 Å². The van der Waals surface area contributed by atoms with Gasteiger partial charge in [-0.1, -0.05) is 54.6 Å². The maximum atomic E-state index is 13.0. The zero-order valence-corrected chi connectivity index (χ0v) is 17.5. The van der Waals surface area contributed by atoms with Crippen molar-refractivity contribution in [3.05, 3.63) is 95.6 Å². The highest BCUT2D eigenvalue weighted by atomic mass is 16.5. The van der Waals surface area contributed by atoms with Gasteiger partial charge in [-0.25, -0.2) is 0 Å². The largest absolute Gasteiger partial charge is 0.488 e. The fraction of sp³-hybridized carbons (Fsp3) is 0.200. The van der Waals surface area contributed by atoms with Crippen LogP contribution in [0.1, 0.15) is 32.7 Å². The minimum Gasteiger partial charge on any atom is -0.488 e. The second-order valence-corrected chi connectivity index (χ2v) is 6.87. The molecular weight excluding hydrogens is 392 g/mol. The van der Waals surface area contributed by atoms with E-state index in [9.17, 15) is 9.59 Å². The molecule has 3 rings (SSSR count). The molecule has 6 heteroatoms. The van der Waals surface area contributed by atoms with E-state index in [2.05, 4.69) is 10.6 Å². The summed E-state index contributed by atoms with van der Waals surface area (Å²) in [6, 6.07) is 23.7. The predicted octanol–water partition coefficient (Wildman–Crippen LogP) is 4.28. The lowest BCUT2D eigenvalue weighted by Crippen LogP contribution is -2.26. The number of anilines is 1. The third-order valence-electron chi connectivity index (χ3n) is 4.60. The van der Waals surface area contributed by atoms with Gasteiger partial charge in [0.1, 0.15) is 12.4 Å². The highest BCUT2D eigenvalue weighted by molar-refractivity contribution is 6.10. The van der Waals surface area contributed by atoms with Crippen molar-refractivity contribution in [3.63, 3.8) is 0 Å². The van der Waals surface area contributed by atoms with Gasteiger partial charge in [0, 0.05) is 20.3 Å². The summed E-state index contributed by atoms with van der Waals surface area (Å²) in [6.45, 7) is 1.41. The lowest BCUT2D eigenvalue weighted by Gasteiger charge is -2.14. The highest BCUT2D eigenvalue weighted by Crippen LogP contribution is 2.22. The summed E-state index contributed by atoms with van der Waals surface area (Å²) in [5.41, 5.74) is 2.24. The number of nitrogens with one attached hydrogen (secondary N) is 2. The van der Waals surface area contributed by atoms with E-state index in [1.165, 1.54) is 0 Å². The van der Waals surface area contributed by atoms with Crippen LogP contribution < -0.4 is 15.4 Å². The van der Waals surface area contributed by atoms with Gasteiger partial charge in [-0.2, -0.15) is 0 Å². The Bertz CT molecular complexity index is 1010. The van der Waals surface area contributed by atoms with Crippen LogP contribution in [-0.4, -0.2) is 32.1 Å². The molecule has 0 aliphatic heterocycles. The van der Waals surface area contributed by atoms with Crippen LogP contribution in [0.15, 0.2) is 78.9 Å². The SMILES string of the molecule is COCCCNC(=O)c1ccccc1NC(=O)c1ccccc1OCc1ccccc1. The number of hydrogen-bond acceptors (Lipinski definition) is 4. The molecule has 0 heterocycles. The molecule has 2 N–H and O–H groups in total. The fourth-order valence-electron chi connectivity index (χ4n) is 3.01. The average Bonchev–Trinajstić information content (AvgIpc) is 2.81. The second-order valence-electron chi connectivity index (χ2n) is 6.87. The predicted molar refractivity (Wildman–Crippen MR) is 120 cm³/mol. The first kappa shape index (κ1) is 22.1. The Kier molecular flexibility index (Phi) is 8.20. The Morgan fingerprint density at radius 1 is 0.806 bits per heavy atom. The number of methoxy groups -OCH3 is 1. The first-order valence-electron chi connectivity index (χ1n) is 10.1. The van der Waals surface area contributed by atoms with Crippen molar-refractivity contribution < 1.29 is 19.1 Å². The van der Waals surface area contributed by atoms with Crippen LogP contribution in [0.2, 0.25) is 0 Å². The van der Waals surface area contributed by atoms with Crippen LogP contribution in [0.3, 0.4) is 0 Å².